The minimum Gasteiger partial charge on any atom is -0.382 e. The second-order valence-electron chi connectivity index (χ2n) is 3.20. The predicted octanol–water partition coefficient (Wildman–Crippen LogP) is 1.83. The summed E-state index contributed by atoms with van der Waals surface area (Å²) in [5.41, 5.74) is 7.07. The van der Waals surface area contributed by atoms with Gasteiger partial charge in [0.1, 0.15) is 11.8 Å². The molecule has 0 amide bonds. The van der Waals surface area contributed by atoms with Crippen molar-refractivity contribution < 1.29 is 0 Å². The number of rotatable bonds is 4. The van der Waals surface area contributed by atoms with Crippen molar-refractivity contribution in [3.8, 4) is 0 Å². The number of nitrogen functional groups attached to an aromatic ring is 1. The Morgan fingerprint density at radius 2 is 2.33 bits per heavy atom. The topological polar surface area (TPSA) is 80.5 Å². The molecule has 0 saturated carbocycles. The number of H-pyrrole nitrogens is 1. The number of nitrogens with zero attached hydrogens (tertiary/aromatic N) is 3. The number of nitrogens with one attached hydrogen (secondary N) is 1. The second-order valence-corrected chi connectivity index (χ2v) is 4.29. The Morgan fingerprint density at radius 1 is 1.47 bits per heavy atom. The van der Waals surface area contributed by atoms with Crippen molar-refractivity contribution in [2.24, 2.45) is 0 Å². The fourth-order valence-corrected chi connectivity index (χ4v) is 2.16. The van der Waals surface area contributed by atoms with Crippen LogP contribution in [0.5, 0.6) is 0 Å². The Labute approximate surface area is 91.9 Å². The largest absolute Gasteiger partial charge is 0.382 e. The Kier molecular flexibility index (Phi) is 3.05. The van der Waals surface area contributed by atoms with Gasteiger partial charge < -0.3 is 10.7 Å². The molecule has 0 aromatic carbocycles. The van der Waals surface area contributed by atoms with E-state index in [0.29, 0.717) is 11.5 Å². The van der Waals surface area contributed by atoms with E-state index in [1.807, 2.05) is 0 Å². The third kappa shape index (κ3) is 2.20. The first kappa shape index (κ1) is 10.2. The first-order valence-corrected chi connectivity index (χ1v) is 5.89. The molecule has 6 heteroatoms. The predicted molar refractivity (Wildman–Crippen MR) is 61.7 cm³/mol. The molecule has 0 aliphatic carbocycles. The summed E-state index contributed by atoms with van der Waals surface area (Å²) in [7, 11) is 0. The molecule has 0 spiro atoms. The lowest BCUT2D eigenvalue weighted by Gasteiger charge is -1.93. The number of anilines is 1. The van der Waals surface area contributed by atoms with Gasteiger partial charge in [0.05, 0.1) is 0 Å². The van der Waals surface area contributed by atoms with Crippen LogP contribution in [0, 0.1) is 0 Å². The minimum atomic E-state index is 0.454. The summed E-state index contributed by atoms with van der Waals surface area (Å²) in [4.78, 5) is 15.4. The summed E-state index contributed by atoms with van der Waals surface area (Å²) in [6.07, 6.45) is 3.80. The summed E-state index contributed by atoms with van der Waals surface area (Å²) < 4.78 is 0. The minimum absolute atomic E-state index is 0.454. The van der Waals surface area contributed by atoms with Gasteiger partial charge in [-0.05, 0) is 6.42 Å². The first-order valence-electron chi connectivity index (χ1n) is 4.90. The van der Waals surface area contributed by atoms with Crippen molar-refractivity contribution >= 4 is 28.7 Å². The molecule has 15 heavy (non-hydrogen) atoms. The molecule has 2 aromatic rings. The first-order chi connectivity index (χ1) is 7.31. The molecule has 0 radical (unpaired) electrons. The van der Waals surface area contributed by atoms with Crippen molar-refractivity contribution in [2.75, 3.05) is 11.5 Å². The Bertz CT molecular complexity index is 453. The lowest BCUT2D eigenvalue weighted by atomic mass is 10.4. The lowest BCUT2D eigenvalue weighted by molar-refractivity contribution is 0.893. The number of aromatic nitrogens is 4. The van der Waals surface area contributed by atoms with Crippen molar-refractivity contribution in [3.63, 3.8) is 0 Å². The number of fused-ring (bicyclic) bond motifs is 1. The molecule has 0 atom stereocenters. The molecule has 80 valence electrons. The molecule has 0 bridgehead atoms. The average molecular weight is 223 g/mol. The third-order valence-electron chi connectivity index (χ3n) is 2.03. The highest BCUT2D eigenvalue weighted by Crippen LogP contribution is 2.21. The maximum atomic E-state index is 5.69. The monoisotopic (exact) mass is 223 g/mol. The third-order valence-corrected chi connectivity index (χ3v) is 2.99. The average Bonchev–Trinajstić information content (AvgIpc) is 2.63. The van der Waals surface area contributed by atoms with Crippen LogP contribution in [-0.2, 0) is 0 Å². The van der Waals surface area contributed by atoms with Gasteiger partial charge in [-0.25, -0.2) is 15.0 Å². The van der Waals surface area contributed by atoms with E-state index in [2.05, 4.69) is 26.9 Å². The highest BCUT2D eigenvalue weighted by Gasteiger charge is 2.06. The maximum Gasteiger partial charge on any atom is 0.183 e. The molecule has 0 unspecified atom stereocenters. The van der Waals surface area contributed by atoms with Gasteiger partial charge in [0.2, 0.25) is 0 Å². The number of aromatic amines is 1. The zero-order valence-electron chi connectivity index (χ0n) is 8.53. The van der Waals surface area contributed by atoms with Crippen LogP contribution in [0.15, 0.2) is 11.5 Å². The van der Waals surface area contributed by atoms with Gasteiger partial charge in [-0.1, -0.05) is 25.1 Å². The van der Waals surface area contributed by atoms with Gasteiger partial charge in [-0.2, -0.15) is 0 Å². The van der Waals surface area contributed by atoms with E-state index in [1.54, 1.807) is 11.8 Å². The summed E-state index contributed by atoms with van der Waals surface area (Å²) in [5, 5.41) is 0.866. The van der Waals surface area contributed by atoms with E-state index in [1.165, 1.54) is 19.2 Å². The fraction of sp³-hybridized carbons (Fsp3) is 0.444. The standard InChI is InChI=1S/C9H13N5S/c1-2-3-4-15-9-13-6-7(10)11-5-12-8(6)14-9/h5H,2-4H2,1H3,(H3,10,11,12,13,14). The van der Waals surface area contributed by atoms with E-state index < -0.39 is 0 Å². The van der Waals surface area contributed by atoms with E-state index in [4.69, 9.17) is 5.73 Å². The van der Waals surface area contributed by atoms with Crippen LogP contribution in [0.3, 0.4) is 0 Å². The molecule has 2 rings (SSSR count). The van der Waals surface area contributed by atoms with Gasteiger partial charge in [0.25, 0.3) is 0 Å². The smallest absolute Gasteiger partial charge is 0.183 e. The normalized spacial score (nSPS) is 11.0. The Balaban J connectivity index is 2.20. The molecule has 5 nitrogen and oxygen atoms in total. The summed E-state index contributed by atoms with van der Waals surface area (Å²) in [6, 6.07) is 0. The SMILES string of the molecule is CCCCSc1nc2ncnc(N)c2[nH]1. The van der Waals surface area contributed by atoms with Crippen molar-refractivity contribution in [1.29, 1.82) is 0 Å². The number of imidazole rings is 1. The van der Waals surface area contributed by atoms with E-state index in [0.717, 1.165) is 16.4 Å². The maximum absolute atomic E-state index is 5.69. The molecule has 0 aliphatic heterocycles. The van der Waals surface area contributed by atoms with E-state index in [9.17, 15) is 0 Å². The van der Waals surface area contributed by atoms with Crippen LogP contribution >= 0.6 is 11.8 Å². The molecule has 2 heterocycles. The Morgan fingerprint density at radius 3 is 3.07 bits per heavy atom. The van der Waals surface area contributed by atoms with Crippen LogP contribution in [0.25, 0.3) is 11.2 Å². The molecule has 2 aromatic heterocycles. The molecule has 0 aliphatic rings. The van der Waals surface area contributed by atoms with Crippen LogP contribution in [0.2, 0.25) is 0 Å². The number of hydrogen-bond acceptors (Lipinski definition) is 5. The van der Waals surface area contributed by atoms with Crippen LogP contribution in [-0.4, -0.2) is 25.7 Å². The second kappa shape index (κ2) is 4.48. The number of nitrogens with two attached hydrogens (primary N) is 1. The number of thioether (sulfide) groups is 1. The van der Waals surface area contributed by atoms with Gasteiger partial charge in [0, 0.05) is 5.75 Å². The molecule has 0 fully saturated rings. The summed E-state index contributed by atoms with van der Waals surface area (Å²) in [6.45, 7) is 2.17. The van der Waals surface area contributed by atoms with Gasteiger partial charge in [0.15, 0.2) is 16.6 Å². The van der Waals surface area contributed by atoms with Gasteiger partial charge >= 0.3 is 0 Å². The molecule has 3 N–H and O–H groups in total. The van der Waals surface area contributed by atoms with Gasteiger partial charge in [-0.3, -0.25) is 0 Å². The molecular formula is C9H13N5S. The zero-order valence-corrected chi connectivity index (χ0v) is 9.34. The van der Waals surface area contributed by atoms with Crippen LogP contribution in [0.4, 0.5) is 5.82 Å². The van der Waals surface area contributed by atoms with Crippen molar-refractivity contribution in [3.05, 3.63) is 6.33 Å². The summed E-state index contributed by atoms with van der Waals surface area (Å²) in [5.74, 6) is 1.51. The molecule has 0 saturated heterocycles. The van der Waals surface area contributed by atoms with Crippen molar-refractivity contribution in [2.45, 2.75) is 24.9 Å². The quantitative estimate of drug-likeness (QED) is 0.610. The van der Waals surface area contributed by atoms with E-state index >= 15 is 0 Å². The summed E-state index contributed by atoms with van der Waals surface area (Å²) >= 11 is 1.69. The molecular weight excluding hydrogens is 210 g/mol. The lowest BCUT2D eigenvalue weighted by Crippen LogP contribution is -1.91. The van der Waals surface area contributed by atoms with E-state index in [-0.39, 0.29) is 0 Å². The highest BCUT2D eigenvalue weighted by atomic mass is 32.2. The van der Waals surface area contributed by atoms with Crippen molar-refractivity contribution in [1.82, 2.24) is 19.9 Å². The number of hydrogen-bond donors (Lipinski definition) is 2. The van der Waals surface area contributed by atoms with Crippen LogP contribution < -0.4 is 5.73 Å². The van der Waals surface area contributed by atoms with Gasteiger partial charge in [-0.15, -0.1) is 0 Å². The van der Waals surface area contributed by atoms with Crippen LogP contribution in [0.1, 0.15) is 19.8 Å². The Hall–Kier alpha value is -1.30. The highest BCUT2D eigenvalue weighted by molar-refractivity contribution is 7.99. The fourth-order valence-electron chi connectivity index (χ4n) is 1.21. The zero-order chi connectivity index (χ0) is 10.7. The number of unbranched alkanes of at least 4 members (excludes halogenated alkanes) is 1.